The van der Waals surface area contributed by atoms with E-state index in [1.54, 1.807) is 7.11 Å². The van der Waals surface area contributed by atoms with Crippen LogP contribution in [0.3, 0.4) is 0 Å². The maximum absolute atomic E-state index is 12.8. The SMILES string of the molecule is COc1ccc(CN2CCCN(C[C@@H](O)COc3cccc4[nH]ccc34)CC2=O)cc1. The van der Waals surface area contributed by atoms with Crippen molar-refractivity contribution in [3.8, 4) is 11.5 Å². The van der Waals surface area contributed by atoms with Crippen LogP contribution in [0.25, 0.3) is 10.9 Å². The van der Waals surface area contributed by atoms with E-state index in [1.807, 2.05) is 64.5 Å². The van der Waals surface area contributed by atoms with Crippen LogP contribution in [0, 0.1) is 0 Å². The highest BCUT2D eigenvalue weighted by atomic mass is 16.5. The number of ether oxygens (including phenoxy) is 2. The predicted molar refractivity (Wildman–Crippen MR) is 119 cm³/mol. The Labute approximate surface area is 182 Å². The number of hydrogen-bond acceptors (Lipinski definition) is 5. The highest BCUT2D eigenvalue weighted by molar-refractivity contribution is 5.85. The van der Waals surface area contributed by atoms with Crippen molar-refractivity contribution in [2.24, 2.45) is 0 Å². The van der Waals surface area contributed by atoms with Crippen molar-refractivity contribution in [2.45, 2.75) is 19.1 Å². The lowest BCUT2D eigenvalue weighted by molar-refractivity contribution is -0.132. The molecule has 0 aliphatic carbocycles. The van der Waals surface area contributed by atoms with Crippen molar-refractivity contribution in [2.75, 3.05) is 39.9 Å². The molecule has 1 aliphatic heterocycles. The Balaban J connectivity index is 1.28. The minimum Gasteiger partial charge on any atom is -0.497 e. The van der Waals surface area contributed by atoms with E-state index < -0.39 is 6.10 Å². The molecule has 7 nitrogen and oxygen atoms in total. The van der Waals surface area contributed by atoms with Gasteiger partial charge >= 0.3 is 0 Å². The van der Waals surface area contributed by atoms with Gasteiger partial charge in [0.2, 0.25) is 5.91 Å². The molecule has 0 spiro atoms. The molecular weight excluding hydrogens is 394 g/mol. The normalized spacial score (nSPS) is 16.3. The summed E-state index contributed by atoms with van der Waals surface area (Å²) in [5.74, 6) is 1.63. The fraction of sp³-hybridized carbons (Fsp3) is 0.375. The Bertz CT molecular complexity index is 1000. The van der Waals surface area contributed by atoms with E-state index in [4.69, 9.17) is 9.47 Å². The standard InChI is InChI=1S/C24H29N3O4/c1-30-20-8-6-18(7-9-20)14-27-13-3-12-26(16-24(27)29)15-19(28)17-31-23-5-2-4-22-21(23)10-11-25-22/h2,4-11,19,25,28H,3,12-17H2,1H3/t19-/m1/s1. The van der Waals surface area contributed by atoms with Crippen LogP contribution in [-0.2, 0) is 11.3 Å². The number of aromatic nitrogens is 1. The van der Waals surface area contributed by atoms with E-state index in [2.05, 4.69) is 4.98 Å². The smallest absolute Gasteiger partial charge is 0.237 e. The summed E-state index contributed by atoms with van der Waals surface area (Å²) in [5, 5.41) is 11.5. The van der Waals surface area contributed by atoms with Crippen molar-refractivity contribution in [3.05, 3.63) is 60.3 Å². The number of nitrogens with zero attached hydrogens (tertiary/aromatic N) is 2. The van der Waals surface area contributed by atoms with Crippen LogP contribution in [0.4, 0.5) is 0 Å². The fourth-order valence-electron chi connectivity index (χ4n) is 3.97. The van der Waals surface area contributed by atoms with Crippen molar-refractivity contribution in [1.82, 2.24) is 14.8 Å². The number of aliphatic hydroxyl groups excluding tert-OH is 1. The molecule has 1 aliphatic rings. The van der Waals surface area contributed by atoms with Gasteiger partial charge in [-0.3, -0.25) is 9.69 Å². The summed E-state index contributed by atoms with van der Waals surface area (Å²) in [7, 11) is 1.64. The van der Waals surface area contributed by atoms with Crippen LogP contribution in [0.2, 0.25) is 0 Å². The first-order chi connectivity index (χ1) is 15.1. The molecule has 0 saturated carbocycles. The number of fused-ring (bicyclic) bond motifs is 1. The quantitative estimate of drug-likeness (QED) is 0.583. The van der Waals surface area contributed by atoms with Gasteiger partial charge in [0.15, 0.2) is 0 Å². The molecule has 1 atom stereocenters. The van der Waals surface area contributed by atoms with Gasteiger partial charge in [-0.2, -0.15) is 0 Å². The van der Waals surface area contributed by atoms with Crippen LogP contribution in [-0.4, -0.2) is 71.8 Å². The number of benzene rings is 2. The van der Waals surface area contributed by atoms with Crippen molar-refractivity contribution in [1.29, 1.82) is 0 Å². The number of H-pyrrole nitrogens is 1. The van der Waals surface area contributed by atoms with Gasteiger partial charge in [-0.1, -0.05) is 18.2 Å². The van der Waals surface area contributed by atoms with Crippen molar-refractivity contribution in [3.63, 3.8) is 0 Å². The summed E-state index contributed by atoms with van der Waals surface area (Å²) in [4.78, 5) is 19.8. The molecular formula is C24H29N3O4. The Morgan fingerprint density at radius 2 is 1.97 bits per heavy atom. The molecule has 2 heterocycles. The lowest BCUT2D eigenvalue weighted by atomic mass is 10.2. The number of carbonyl (C=O) groups excluding carboxylic acids is 1. The molecule has 7 heteroatoms. The number of carbonyl (C=O) groups is 1. The first-order valence-electron chi connectivity index (χ1n) is 10.6. The Kier molecular flexibility index (Phi) is 6.74. The van der Waals surface area contributed by atoms with E-state index in [0.29, 0.717) is 26.2 Å². The number of nitrogens with one attached hydrogen (secondary N) is 1. The second-order valence-electron chi connectivity index (χ2n) is 7.91. The van der Waals surface area contributed by atoms with Gasteiger partial charge in [0, 0.05) is 43.3 Å². The number of aromatic amines is 1. The molecule has 0 radical (unpaired) electrons. The maximum Gasteiger partial charge on any atom is 0.237 e. The predicted octanol–water partition coefficient (Wildman–Crippen LogP) is 2.65. The molecule has 31 heavy (non-hydrogen) atoms. The highest BCUT2D eigenvalue weighted by Crippen LogP contribution is 2.24. The summed E-state index contributed by atoms with van der Waals surface area (Å²) < 4.78 is 11.0. The number of β-amino-alcohol motifs (C(OH)–C–C–N with tert-alkyl or cyclic N) is 1. The zero-order valence-electron chi connectivity index (χ0n) is 17.8. The molecule has 1 aromatic heterocycles. The van der Waals surface area contributed by atoms with Gasteiger partial charge in [0.05, 0.1) is 13.7 Å². The van der Waals surface area contributed by atoms with Gasteiger partial charge in [0.25, 0.3) is 0 Å². The number of aliphatic hydroxyl groups is 1. The van der Waals surface area contributed by atoms with E-state index >= 15 is 0 Å². The van der Waals surface area contributed by atoms with Gasteiger partial charge in [-0.15, -0.1) is 0 Å². The van der Waals surface area contributed by atoms with Crippen molar-refractivity contribution >= 4 is 16.8 Å². The Hall–Kier alpha value is -3.03. The minimum atomic E-state index is -0.671. The summed E-state index contributed by atoms with van der Waals surface area (Å²) in [6, 6.07) is 15.6. The minimum absolute atomic E-state index is 0.0820. The molecule has 2 aromatic carbocycles. The highest BCUT2D eigenvalue weighted by Gasteiger charge is 2.23. The summed E-state index contributed by atoms with van der Waals surface area (Å²) in [6.07, 6.45) is 2.07. The summed E-state index contributed by atoms with van der Waals surface area (Å²) >= 11 is 0. The summed E-state index contributed by atoms with van der Waals surface area (Å²) in [6.45, 7) is 2.97. The van der Waals surface area contributed by atoms with Crippen LogP contribution < -0.4 is 9.47 Å². The van der Waals surface area contributed by atoms with Gasteiger partial charge in [-0.05, 0) is 42.3 Å². The Morgan fingerprint density at radius 3 is 2.77 bits per heavy atom. The fourth-order valence-corrected chi connectivity index (χ4v) is 3.97. The first kappa shape index (κ1) is 21.2. The van der Waals surface area contributed by atoms with Crippen LogP contribution in [0.5, 0.6) is 11.5 Å². The zero-order valence-corrected chi connectivity index (χ0v) is 17.8. The molecule has 1 fully saturated rings. The number of hydrogen-bond donors (Lipinski definition) is 2. The van der Waals surface area contributed by atoms with Gasteiger partial charge < -0.3 is 24.5 Å². The average molecular weight is 424 g/mol. The summed E-state index contributed by atoms with van der Waals surface area (Å²) in [5.41, 5.74) is 2.08. The molecule has 0 unspecified atom stereocenters. The molecule has 2 N–H and O–H groups in total. The van der Waals surface area contributed by atoms with Crippen LogP contribution >= 0.6 is 0 Å². The van der Waals surface area contributed by atoms with E-state index in [0.717, 1.165) is 40.9 Å². The van der Waals surface area contributed by atoms with E-state index in [9.17, 15) is 9.90 Å². The topological polar surface area (TPSA) is 78.0 Å². The largest absolute Gasteiger partial charge is 0.497 e. The lowest BCUT2D eigenvalue weighted by Crippen LogP contribution is -2.40. The van der Waals surface area contributed by atoms with Crippen LogP contribution in [0.15, 0.2) is 54.7 Å². The van der Waals surface area contributed by atoms with Gasteiger partial charge in [-0.25, -0.2) is 0 Å². The third kappa shape index (κ3) is 5.37. The average Bonchev–Trinajstić information content (AvgIpc) is 3.20. The number of amides is 1. The molecule has 4 rings (SSSR count). The van der Waals surface area contributed by atoms with Crippen LogP contribution in [0.1, 0.15) is 12.0 Å². The first-order valence-corrected chi connectivity index (χ1v) is 10.6. The second kappa shape index (κ2) is 9.85. The van der Waals surface area contributed by atoms with E-state index in [-0.39, 0.29) is 12.5 Å². The third-order valence-electron chi connectivity index (χ3n) is 5.60. The Morgan fingerprint density at radius 1 is 1.13 bits per heavy atom. The maximum atomic E-state index is 12.8. The molecule has 1 amide bonds. The number of methoxy groups -OCH3 is 1. The molecule has 1 saturated heterocycles. The zero-order chi connectivity index (χ0) is 21.6. The van der Waals surface area contributed by atoms with Gasteiger partial charge in [0.1, 0.15) is 24.2 Å². The second-order valence-corrected chi connectivity index (χ2v) is 7.91. The lowest BCUT2D eigenvalue weighted by Gasteiger charge is -2.24. The molecule has 3 aromatic rings. The molecule has 164 valence electrons. The van der Waals surface area contributed by atoms with E-state index in [1.165, 1.54) is 0 Å². The molecule has 0 bridgehead atoms. The third-order valence-corrected chi connectivity index (χ3v) is 5.60. The monoisotopic (exact) mass is 423 g/mol. The number of rotatable bonds is 8. The van der Waals surface area contributed by atoms with Crippen molar-refractivity contribution < 1.29 is 19.4 Å².